The van der Waals surface area contributed by atoms with Gasteiger partial charge in [-0.1, -0.05) is 24.3 Å². The molecular formula is C16H20N2O2. The summed E-state index contributed by atoms with van der Waals surface area (Å²) in [6.45, 7) is 2.07. The van der Waals surface area contributed by atoms with Crippen molar-refractivity contribution < 1.29 is 9.90 Å². The van der Waals surface area contributed by atoms with Gasteiger partial charge in [-0.3, -0.25) is 4.90 Å². The third kappa shape index (κ3) is 1.82. The maximum atomic E-state index is 11.3. The van der Waals surface area contributed by atoms with E-state index in [-0.39, 0.29) is 12.1 Å². The molecule has 1 amide bonds. The van der Waals surface area contributed by atoms with Gasteiger partial charge in [0.25, 0.3) is 0 Å². The molecule has 3 aliphatic rings. The van der Waals surface area contributed by atoms with E-state index in [4.69, 9.17) is 0 Å². The minimum atomic E-state index is -0.722. The van der Waals surface area contributed by atoms with E-state index >= 15 is 0 Å². The van der Waals surface area contributed by atoms with E-state index in [1.165, 1.54) is 11.1 Å². The van der Waals surface area contributed by atoms with Crippen LogP contribution in [-0.2, 0) is 13.1 Å². The Balaban J connectivity index is 1.49. The number of fused-ring (bicyclic) bond motifs is 3. The first kappa shape index (κ1) is 12.2. The Morgan fingerprint density at radius 2 is 1.55 bits per heavy atom. The van der Waals surface area contributed by atoms with Crippen LogP contribution in [0.1, 0.15) is 36.8 Å². The molecule has 0 aliphatic carbocycles. The first-order chi connectivity index (χ1) is 9.72. The lowest BCUT2D eigenvalue weighted by Crippen LogP contribution is -2.51. The normalized spacial score (nSPS) is 32.4. The number of hydrogen-bond donors (Lipinski definition) is 1. The van der Waals surface area contributed by atoms with Crippen LogP contribution in [0.3, 0.4) is 0 Å². The van der Waals surface area contributed by atoms with Crippen molar-refractivity contribution in [2.75, 3.05) is 0 Å². The molecule has 0 radical (unpaired) electrons. The van der Waals surface area contributed by atoms with Gasteiger partial charge in [0.1, 0.15) is 0 Å². The summed E-state index contributed by atoms with van der Waals surface area (Å²) in [5, 5.41) is 9.32. The topological polar surface area (TPSA) is 43.8 Å². The van der Waals surface area contributed by atoms with E-state index in [1.54, 1.807) is 4.90 Å². The van der Waals surface area contributed by atoms with Crippen molar-refractivity contribution in [3.63, 3.8) is 0 Å². The monoisotopic (exact) mass is 272 g/mol. The summed E-state index contributed by atoms with van der Waals surface area (Å²) in [5.41, 5.74) is 2.89. The lowest BCUT2D eigenvalue weighted by atomic mass is 9.96. The predicted molar refractivity (Wildman–Crippen MR) is 75.4 cm³/mol. The molecule has 4 nitrogen and oxygen atoms in total. The minimum absolute atomic E-state index is 0.250. The van der Waals surface area contributed by atoms with Gasteiger partial charge in [0.2, 0.25) is 0 Å². The van der Waals surface area contributed by atoms with Crippen LogP contribution in [0.25, 0.3) is 0 Å². The molecule has 0 spiro atoms. The van der Waals surface area contributed by atoms with Crippen LogP contribution in [0, 0.1) is 0 Å². The van der Waals surface area contributed by atoms with Crippen molar-refractivity contribution >= 4 is 6.09 Å². The summed E-state index contributed by atoms with van der Waals surface area (Å²) in [4.78, 5) is 15.6. The molecule has 20 heavy (non-hydrogen) atoms. The molecule has 106 valence electrons. The van der Waals surface area contributed by atoms with E-state index in [0.717, 1.165) is 38.8 Å². The van der Waals surface area contributed by atoms with E-state index in [0.29, 0.717) is 6.04 Å². The SMILES string of the molecule is O=C(O)N1[C@@H]2CC[C@H]1CC(N1Cc3ccccc3C1)C2. The molecule has 4 rings (SSSR count). The van der Waals surface area contributed by atoms with Crippen molar-refractivity contribution in [1.82, 2.24) is 9.80 Å². The quantitative estimate of drug-likeness (QED) is 0.854. The van der Waals surface area contributed by atoms with Gasteiger partial charge in [0.15, 0.2) is 0 Å². The summed E-state index contributed by atoms with van der Waals surface area (Å²) < 4.78 is 0. The fourth-order valence-corrected chi connectivity index (χ4v) is 4.38. The largest absolute Gasteiger partial charge is 0.465 e. The molecule has 3 atom stereocenters. The fraction of sp³-hybridized carbons (Fsp3) is 0.562. The molecule has 0 saturated carbocycles. The Bertz CT molecular complexity index is 506. The standard InChI is InChI=1S/C16H20N2O2/c19-16(20)18-13-5-6-14(18)8-15(7-13)17-9-11-3-1-2-4-12(11)10-17/h1-4,13-15H,5-10H2,(H,19,20)/t13-,14+,15?. The van der Waals surface area contributed by atoms with Crippen LogP contribution >= 0.6 is 0 Å². The molecule has 1 aromatic carbocycles. The van der Waals surface area contributed by atoms with Gasteiger partial charge in [0.05, 0.1) is 0 Å². The lowest BCUT2D eigenvalue weighted by Gasteiger charge is -2.40. The lowest BCUT2D eigenvalue weighted by molar-refractivity contribution is 0.0552. The second-order valence-electron chi connectivity index (χ2n) is 6.37. The van der Waals surface area contributed by atoms with Gasteiger partial charge in [-0.15, -0.1) is 0 Å². The zero-order valence-corrected chi connectivity index (χ0v) is 11.5. The van der Waals surface area contributed by atoms with Gasteiger partial charge in [-0.2, -0.15) is 0 Å². The second kappa shape index (κ2) is 4.48. The molecular weight excluding hydrogens is 252 g/mol. The Kier molecular flexibility index (Phi) is 2.74. The van der Waals surface area contributed by atoms with Crippen LogP contribution in [0.5, 0.6) is 0 Å². The van der Waals surface area contributed by atoms with Crippen LogP contribution in [0.4, 0.5) is 4.79 Å². The second-order valence-corrected chi connectivity index (χ2v) is 6.37. The molecule has 3 heterocycles. The van der Waals surface area contributed by atoms with E-state index in [1.807, 2.05) is 0 Å². The number of carbonyl (C=O) groups is 1. The molecule has 2 saturated heterocycles. The molecule has 3 aliphatic heterocycles. The average molecular weight is 272 g/mol. The summed E-state index contributed by atoms with van der Waals surface area (Å²) in [6.07, 6.45) is 3.40. The Hall–Kier alpha value is -1.55. The summed E-state index contributed by atoms with van der Waals surface area (Å²) in [5.74, 6) is 0. The fourth-order valence-electron chi connectivity index (χ4n) is 4.38. The first-order valence-corrected chi connectivity index (χ1v) is 7.54. The predicted octanol–water partition coefficient (Wildman–Crippen LogP) is 2.68. The zero-order chi connectivity index (χ0) is 13.7. The Labute approximate surface area is 119 Å². The van der Waals surface area contributed by atoms with Crippen LogP contribution in [0.15, 0.2) is 24.3 Å². The molecule has 0 aromatic heterocycles. The van der Waals surface area contributed by atoms with Gasteiger partial charge >= 0.3 is 6.09 Å². The summed E-state index contributed by atoms with van der Waals surface area (Å²) >= 11 is 0. The maximum absolute atomic E-state index is 11.3. The van der Waals surface area contributed by atoms with Crippen LogP contribution in [-0.4, -0.2) is 39.1 Å². The molecule has 4 heteroatoms. The molecule has 2 fully saturated rings. The van der Waals surface area contributed by atoms with E-state index in [2.05, 4.69) is 29.2 Å². The summed E-state index contributed by atoms with van der Waals surface area (Å²) in [6, 6.07) is 9.71. The van der Waals surface area contributed by atoms with Crippen molar-refractivity contribution in [3.05, 3.63) is 35.4 Å². The van der Waals surface area contributed by atoms with Crippen molar-refractivity contribution in [1.29, 1.82) is 0 Å². The number of nitrogens with zero attached hydrogens (tertiary/aromatic N) is 2. The van der Waals surface area contributed by atoms with E-state index in [9.17, 15) is 9.90 Å². The van der Waals surface area contributed by atoms with Gasteiger partial charge in [0, 0.05) is 31.2 Å². The maximum Gasteiger partial charge on any atom is 0.407 e. The number of hydrogen-bond acceptors (Lipinski definition) is 2. The van der Waals surface area contributed by atoms with Crippen molar-refractivity contribution in [2.45, 2.75) is 56.9 Å². The molecule has 2 bridgehead atoms. The third-order valence-corrected chi connectivity index (χ3v) is 5.31. The molecule has 1 unspecified atom stereocenters. The highest BCUT2D eigenvalue weighted by Crippen LogP contribution is 2.39. The van der Waals surface area contributed by atoms with Gasteiger partial charge in [-0.05, 0) is 36.8 Å². The smallest absolute Gasteiger partial charge is 0.407 e. The third-order valence-electron chi connectivity index (χ3n) is 5.31. The Morgan fingerprint density at radius 3 is 2.05 bits per heavy atom. The number of piperidine rings is 1. The highest BCUT2D eigenvalue weighted by atomic mass is 16.4. The van der Waals surface area contributed by atoms with Crippen LogP contribution in [0.2, 0.25) is 0 Å². The van der Waals surface area contributed by atoms with Crippen molar-refractivity contribution in [3.8, 4) is 0 Å². The minimum Gasteiger partial charge on any atom is -0.465 e. The number of carboxylic acid groups (broad SMARTS) is 1. The van der Waals surface area contributed by atoms with E-state index < -0.39 is 6.09 Å². The van der Waals surface area contributed by atoms with Crippen molar-refractivity contribution in [2.24, 2.45) is 0 Å². The van der Waals surface area contributed by atoms with Gasteiger partial charge in [-0.25, -0.2) is 4.79 Å². The zero-order valence-electron chi connectivity index (χ0n) is 11.5. The number of rotatable bonds is 1. The molecule has 1 aromatic rings. The highest BCUT2D eigenvalue weighted by Gasteiger charge is 2.45. The number of benzene rings is 1. The van der Waals surface area contributed by atoms with Crippen LogP contribution < -0.4 is 0 Å². The first-order valence-electron chi connectivity index (χ1n) is 7.54. The Morgan fingerprint density at radius 1 is 1.00 bits per heavy atom. The average Bonchev–Trinajstić information content (AvgIpc) is 2.98. The number of amides is 1. The van der Waals surface area contributed by atoms with Gasteiger partial charge < -0.3 is 10.0 Å². The summed E-state index contributed by atoms with van der Waals surface area (Å²) in [7, 11) is 0. The molecule has 1 N–H and O–H groups in total. The highest BCUT2D eigenvalue weighted by molar-refractivity contribution is 5.66.